The lowest BCUT2D eigenvalue weighted by molar-refractivity contribution is 0.107. The first-order valence-electron chi connectivity index (χ1n) is 8.76. The molecule has 0 atom stereocenters. The van der Waals surface area contributed by atoms with Gasteiger partial charge in [-0.15, -0.1) is 0 Å². The molecule has 0 aliphatic carbocycles. The van der Waals surface area contributed by atoms with Gasteiger partial charge < -0.3 is 4.74 Å². The summed E-state index contributed by atoms with van der Waals surface area (Å²) in [6, 6.07) is 14.9. The summed E-state index contributed by atoms with van der Waals surface area (Å²) in [4.78, 5) is 4.26. The topological polar surface area (TPSA) is 50.8 Å². The van der Waals surface area contributed by atoms with Crippen molar-refractivity contribution >= 4 is 23.1 Å². The minimum atomic E-state index is -0.609. The Balaban J connectivity index is 1.47. The number of aromatic amines is 1. The van der Waals surface area contributed by atoms with E-state index in [1.165, 1.54) is 12.1 Å². The van der Waals surface area contributed by atoms with Gasteiger partial charge in [-0.3, -0.25) is 10.1 Å². The summed E-state index contributed by atoms with van der Waals surface area (Å²) in [6.45, 7) is 0.452. The third kappa shape index (κ3) is 4.29. The van der Waals surface area contributed by atoms with Crippen molar-refractivity contribution < 1.29 is 13.5 Å². The Bertz CT molecular complexity index is 1100. The van der Waals surface area contributed by atoms with Crippen LogP contribution in [0.5, 0.6) is 0 Å². The van der Waals surface area contributed by atoms with Gasteiger partial charge in [0.25, 0.3) is 0 Å². The second-order valence-corrected chi connectivity index (χ2v) is 6.35. The summed E-state index contributed by atoms with van der Waals surface area (Å²) in [5, 5.41) is 8.30. The van der Waals surface area contributed by atoms with E-state index in [4.69, 9.17) is 4.74 Å². The van der Waals surface area contributed by atoms with E-state index in [1.54, 1.807) is 6.20 Å². The molecule has 1 N–H and O–H groups in total. The highest BCUT2D eigenvalue weighted by Gasteiger charge is 2.06. The second kappa shape index (κ2) is 8.10. The van der Waals surface area contributed by atoms with E-state index in [-0.39, 0.29) is 6.61 Å². The summed E-state index contributed by atoms with van der Waals surface area (Å²) in [5.41, 5.74) is 3.96. The van der Waals surface area contributed by atoms with Gasteiger partial charge in [0, 0.05) is 17.6 Å². The number of nitrogens with zero attached hydrogens (tertiary/aromatic N) is 2. The molecule has 0 saturated heterocycles. The van der Waals surface area contributed by atoms with Crippen LogP contribution in [0, 0.1) is 11.6 Å². The standard InChI is InChI=1S/C22H17F2N3O/c23-17-9-16(10-18(24)12-17)14-28-13-15-4-6-21-20(11-15)22(27-26-21)7-5-19-3-1-2-8-25-19/h1-12H,13-14H2,(H,26,27). The van der Waals surface area contributed by atoms with Crippen LogP contribution in [0.2, 0.25) is 0 Å². The molecule has 28 heavy (non-hydrogen) atoms. The summed E-state index contributed by atoms with van der Waals surface area (Å²) < 4.78 is 32.1. The van der Waals surface area contributed by atoms with E-state index in [2.05, 4.69) is 15.2 Å². The van der Waals surface area contributed by atoms with Crippen molar-refractivity contribution in [3.63, 3.8) is 0 Å². The number of aromatic nitrogens is 3. The molecule has 0 spiro atoms. The predicted octanol–water partition coefficient (Wildman–Crippen LogP) is 5.12. The molecule has 4 nitrogen and oxygen atoms in total. The number of pyridine rings is 1. The highest BCUT2D eigenvalue weighted by Crippen LogP contribution is 2.20. The first-order valence-corrected chi connectivity index (χ1v) is 8.76. The summed E-state index contributed by atoms with van der Waals surface area (Å²) in [5.74, 6) is -1.22. The van der Waals surface area contributed by atoms with Gasteiger partial charge in [0.05, 0.1) is 30.1 Å². The SMILES string of the molecule is Fc1cc(F)cc(COCc2ccc3[nH]nc(C=Cc4ccccn4)c3c2)c1. The Morgan fingerprint density at radius 2 is 1.71 bits per heavy atom. The molecule has 0 amide bonds. The van der Waals surface area contributed by atoms with Crippen molar-refractivity contribution in [1.82, 2.24) is 15.2 Å². The van der Waals surface area contributed by atoms with Crippen LogP contribution < -0.4 is 0 Å². The van der Waals surface area contributed by atoms with Gasteiger partial charge in [-0.25, -0.2) is 8.78 Å². The van der Waals surface area contributed by atoms with Crippen LogP contribution >= 0.6 is 0 Å². The van der Waals surface area contributed by atoms with Crippen molar-refractivity contribution in [1.29, 1.82) is 0 Å². The molecule has 0 bridgehead atoms. The molecule has 0 unspecified atom stereocenters. The Labute approximate surface area is 160 Å². The maximum Gasteiger partial charge on any atom is 0.126 e. The van der Waals surface area contributed by atoms with Gasteiger partial charge in [-0.05, 0) is 59.7 Å². The molecule has 2 aromatic carbocycles. The molecule has 140 valence electrons. The Morgan fingerprint density at radius 1 is 0.893 bits per heavy atom. The maximum absolute atomic E-state index is 13.2. The van der Waals surface area contributed by atoms with Crippen LogP contribution in [0.25, 0.3) is 23.1 Å². The zero-order chi connectivity index (χ0) is 19.3. The zero-order valence-corrected chi connectivity index (χ0v) is 14.9. The largest absolute Gasteiger partial charge is 0.372 e. The van der Waals surface area contributed by atoms with Gasteiger partial charge in [0.1, 0.15) is 11.6 Å². The number of fused-ring (bicyclic) bond motifs is 1. The lowest BCUT2D eigenvalue weighted by atomic mass is 10.1. The molecule has 0 fully saturated rings. The maximum atomic E-state index is 13.2. The molecule has 4 aromatic rings. The highest BCUT2D eigenvalue weighted by molar-refractivity contribution is 5.89. The third-order valence-electron chi connectivity index (χ3n) is 4.22. The van der Waals surface area contributed by atoms with Crippen LogP contribution in [0.15, 0.2) is 60.8 Å². The summed E-state index contributed by atoms with van der Waals surface area (Å²) in [7, 11) is 0. The van der Waals surface area contributed by atoms with Gasteiger partial charge in [-0.1, -0.05) is 12.1 Å². The molecule has 0 radical (unpaired) electrons. The fraction of sp³-hybridized carbons (Fsp3) is 0.0909. The molecular weight excluding hydrogens is 360 g/mol. The first-order chi connectivity index (χ1) is 13.7. The Kier molecular flexibility index (Phi) is 5.21. The van der Waals surface area contributed by atoms with E-state index in [0.717, 1.165) is 33.9 Å². The zero-order valence-electron chi connectivity index (χ0n) is 14.9. The lowest BCUT2D eigenvalue weighted by Crippen LogP contribution is -1.96. The predicted molar refractivity (Wildman–Crippen MR) is 104 cm³/mol. The highest BCUT2D eigenvalue weighted by atomic mass is 19.1. The summed E-state index contributed by atoms with van der Waals surface area (Å²) in [6.07, 6.45) is 5.54. The van der Waals surface area contributed by atoms with Crippen molar-refractivity contribution in [2.24, 2.45) is 0 Å². The van der Waals surface area contributed by atoms with E-state index >= 15 is 0 Å². The van der Waals surface area contributed by atoms with E-state index < -0.39 is 11.6 Å². The quantitative estimate of drug-likeness (QED) is 0.507. The second-order valence-electron chi connectivity index (χ2n) is 6.35. The number of ether oxygens (including phenoxy) is 1. The number of nitrogens with one attached hydrogen (secondary N) is 1. The number of benzene rings is 2. The molecule has 0 saturated carbocycles. The van der Waals surface area contributed by atoms with Crippen LogP contribution in [0.1, 0.15) is 22.5 Å². The number of hydrogen-bond acceptors (Lipinski definition) is 3. The Hall–Kier alpha value is -3.38. The average Bonchev–Trinajstić information content (AvgIpc) is 3.09. The first kappa shape index (κ1) is 18.0. The molecule has 0 aliphatic heterocycles. The molecule has 0 aliphatic rings. The summed E-state index contributed by atoms with van der Waals surface area (Å²) >= 11 is 0. The smallest absolute Gasteiger partial charge is 0.126 e. The van der Waals surface area contributed by atoms with E-state index in [9.17, 15) is 8.78 Å². The number of rotatable bonds is 6. The lowest BCUT2D eigenvalue weighted by Gasteiger charge is -2.06. The van der Waals surface area contributed by atoms with E-state index in [0.29, 0.717) is 12.2 Å². The van der Waals surface area contributed by atoms with Crippen molar-refractivity contribution in [2.45, 2.75) is 13.2 Å². The van der Waals surface area contributed by atoms with Crippen LogP contribution in [-0.4, -0.2) is 15.2 Å². The Morgan fingerprint density at radius 3 is 2.50 bits per heavy atom. The van der Waals surface area contributed by atoms with Gasteiger partial charge >= 0.3 is 0 Å². The minimum Gasteiger partial charge on any atom is -0.372 e. The monoisotopic (exact) mass is 377 g/mol. The fourth-order valence-corrected chi connectivity index (χ4v) is 2.92. The van der Waals surface area contributed by atoms with Gasteiger partial charge in [0.2, 0.25) is 0 Å². The van der Waals surface area contributed by atoms with Crippen LogP contribution in [0.3, 0.4) is 0 Å². The number of hydrogen-bond donors (Lipinski definition) is 1. The van der Waals surface area contributed by atoms with Crippen LogP contribution in [-0.2, 0) is 18.0 Å². The van der Waals surface area contributed by atoms with Crippen molar-refractivity contribution in [2.75, 3.05) is 0 Å². The molecule has 2 heterocycles. The van der Waals surface area contributed by atoms with Crippen molar-refractivity contribution in [3.05, 3.63) is 94.9 Å². The molecule has 2 aromatic heterocycles. The number of halogens is 2. The minimum absolute atomic E-state index is 0.130. The van der Waals surface area contributed by atoms with Gasteiger partial charge in [-0.2, -0.15) is 5.10 Å². The van der Waals surface area contributed by atoms with Gasteiger partial charge in [0.15, 0.2) is 0 Å². The number of H-pyrrole nitrogens is 1. The normalized spacial score (nSPS) is 11.5. The third-order valence-corrected chi connectivity index (χ3v) is 4.22. The van der Waals surface area contributed by atoms with Crippen molar-refractivity contribution in [3.8, 4) is 0 Å². The molecular formula is C22H17F2N3O. The molecule has 6 heteroatoms. The molecule has 4 rings (SSSR count). The van der Waals surface area contributed by atoms with Crippen LogP contribution in [0.4, 0.5) is 8.78 Å². The fourth-order valence-electron chi connectivity index (χ4n) is 2.92. The van der Waals surface area contributed by atoms with E-state index in [1.807, 2.05) is 48.6 Å². The average molecular weight is 377 g/mol.